The number of aliphatic hydroxyl groups excluding tert-OH is 2. The zero-order valence-corrected chi connectivity index (χ0v) is 9.84. The molecule has 5 N–H and O–H groups in total. The smallest absolute Gasteiger partial charge is 0.216 e. The number of anilines is 1. The number of carbonyl (C=O) groups excluding carboxylic acids is 1. The number of pyridine rings is 1. The van der Waals surface area contributed by atoms with Crippen LogP contribution in [0, 0.1) is 6.92 Å². The Morgan fingerprint density at radius 3 is 2.71 bits per heavy atom. The van der Waals surface area contributed by atoms with E-state index in [0.717, 1.165) is 0 Å². The molecule has 1 amide bonds. The maximum atomic E-state index is 10.7. The highest BCUT2D eigenvalue weighted by Crippen LogP contribution is 2.17. The van der Waals surface area contributed by atoms with Gasteiger partial charge >= 0.3 is 0 Å². The molecule has 0 saturated heterocycles. The summed E-state index contributed by atoms with van der Waals surface area (Å²) in [7, 11) is 0. The van der Waals surface area contributed by atoms with E-state index in [-0.39, 0.29) is 12.5 Å². The minimum Gasteiger partial charge on any atom is -0.397 e. The monoisotopic (exact) mass is 239 g/mol. The van der Waals surface area contributed by atoms with E-state index < -0.39 is 12.2 Å². The average Bonchev–Trinajstić information content (AvgIpc) is 2.28. The van der Waals surface area contributed by atoms with Crippen molar-refractivity contribution >= 4 is 11.6 Å². The fourth-order valence-corrected chi connectivity index (χ4v) is 1.31. The average molecular weight is 239 g/mol. The molecule has 0 aromatic carbocycles. The second-order valence-corrected chi connectivity index (χ2v) is 3.86. The lowest BCUT2D eigenvalue weighted by Crippen LogP contribution is -2.34. The molecule has 6 nitrogen and oxygen atoms in total. The van der Waals surface area contributed by atoms with Crippen molar-refractivity contribution in [3.8, 4) is 0 Å². The molecule has 1 heterocycles. The van der Waals surface area contributed by atoms with E-state index in [1.165, 1.54) is 6.92 Å². The maximum absolute atomic E-state index is 10.7. The van der Waals surface area contributed by atoms with Crippen LogP contribution in [0.15, 0.2) is 12.1 Å². The van der Waals surface area contributed by atoms with Crippen LogP contribution in [0.5, 0.6) is 0 Å². The summed E-state index contributed by atoms with van der Waals surface area (Å²) in [6, 6.07) is 3.16. The highest BCUT2D eigenvalue weighted by Gasteiger charge is 2.20. The molecular weight excluding hydrogens is 222 g/mol. The van der Waals surface area contributed by atoms with Gasteiger partial charge in [0.1, 0.15) is 12.2 Å². The maximum Gasteiger partial charge on any atom is 0.216 e. The molecule has 2 unspecified atom stereocenters. The quantitative estimate of drug-likeness (QED) is 0.566. The van der Waals surface area contributed by atoms with Crippen molar-refractivity contribution in [2.75, 3.05) is 12.3 Å². The number of nitrogens with two attached hydrogens (primary N) is 1. The van der Waals surface area contributed by atoms with Crippen LogP contribution >= 0.6 is 0 Å². The number of aryl methyl sites for hydroxylation is 1. The zero-order chi connectivity index (χ0) is 13.0. The van der Waals surface area contributed by atoms with Crippen LogP contribution in [0.4, 0.5) is 5.69 Å². The predicted molar refractivity (Wildman–Crippen MR) is 63.0 cm³/mol. The number of hydrogen-bond donors (Lipinski definition) is 4. The Labute approximate surface area is 99.5 Å². The number of nitrogens with zero attached hydrogens (tertiary/aromatic N) is 1. The fourth-order valence-electron chi connectivity index (χ4n) is 1.31. The van der Waals surface area contributed by atoms with Gasteiger partial charge < -0.3 is 21.3 Å². The molecule has 17 heavy (non-hydrogen) atoms. The van der Waals surface area contributed by atoms with Crippen LogP contribution in [0.3, 0.4) is 0 Å². The van der Waals surface area contributed by atoms with Gasteiger partial charge in [-0.2, -0.15) is 0 Å². The Kier molecular flexibility index (Phi) is 4.42. The first kappa shape index (κ1) is 13.4. The van der Waals surface area contributed by atoms with E-state index in [1.807, 2.05) is 0 Å². The van der Waals surface area contributed by atoms with Gasteiger partial charge in [0.25, 0.3) is 0 Å². The second-order valence-electron chi connectivity index (χ2n) is 3.86. The molecule has 0 aliphatic rings. The van der Waals surface area contributed by atoms with E-state index in [9.17, 15) is 15.0 Å². The number of amides is 1. The highest BCUT2D eigenvalue weighted by molar-refractivity contribution is 5.72. The van der Waals surface area contributed by atoms with Gasteiger partial charge in [-0.15, -0.1) is 0 Å². The van der Waals surface area contributed by atoms with Crippen molar-refractivity contribution in [1.82, 2.24) is 10.3 Å². The topological polar surface area (TPSA) is 108 Å². The molecule has 0 fully saturated rings. The van der Waals surface area contributed by atoms with Gasteiger partial charge in [-0.05, 0) is 19.1 Å². The van der Waals surface area contributed by atoms with Crippen molar-refractivity contribution in [1.29, 1.82) is 0 Å². The number of hydrogen-bond acceptors (Lipinski definition) is 5. The number of carbonyl (C=O) groups is 1. The number of nitrogen functional groups attached to an aromatic ring is 1. The molecule has 6 heteroatoms. The molecular formula is C11H17N3O3. The largest absolute Gasteiger partial charge is 0.397 e. The lowest BCUT2D eigenvalue weighted by molar-refractivity contribution is -0.119. The summed E-state index contributed by atoms with van der Waals surface area (Å²) >= 11 is 0. The molecule has 94 valence electrons. The summed E-state index contributed by atoms with van der Waals surface area (Å²) < 4.78 is 0. The minimum absolute atomic E-state index is 0.0262. The van der Waals surface area contributed by atoms with Gasteiger partial charge in [0, 0.05) is 13.5 Å². The molecule has 1 aromatic rings. The summed E-state index contributed by atoms with van der Waals surface area (Å²) in [5.74, 6) is -0.266. The van der Waals surface area contributed by atoms with Gasteiger partial charge in [-0.3, -0.25) is 9.78 Å². The predicted octanol–water partition coefficient (Wildman–Crippen LogP) is -0.497. The SMILES string of the molecule is CC(=O)NCC(O)C(O)c1ccc(N)c(C)n1. The van der Waals surface area contributed by atoms with E-state index in [4.69, 9.17) is 5.73 Å². The second kappa shape index (κ2) is 5.60. The van der Waals surface area contributed by atoms with Crippen molar-refractivity contribution in [2.45, 2.75) is 26.1 Å². The van der Waals surface area contributed by atoms with E-state index in [0.29, 0.717) is 17.1 Å². The van der Waals surface area contributed by atoms with Crippen LogP contribution in [-0.2, 0) is 4.79 Å². The molecule has 1 rings (SSSR count). The van der Waals surface area contributed by atoms with E-state index in [2.05, 4.69) is 10.3 Å². The summed E-state index contributed by atoms with van der Waals surface area (Å²) in [6.45, 7) is 3.03. The normalized spacial score (nSPS) is 14.1. The van der Waals surface area contributed by atoms with Crippen molar-refractivity contribution in [2.24, 2.45) is 0 Å². The molecule has 0 bridgehead atoms. The lowest BCUT2D eigenvalue weighted by atomic mass is 10.1. The number of nitrogens with one attached hydrogen (secondary N) is 1. The van der Waals surface area contributed by atoms with Crippen LogP contribution < -0.4 is 11.1 Å². The van der Waals surface area contributed by atoms with Gasteiger partial charge in [-0.1, -0.05) is 0 Å². The summed E-state index contributed by atoms with van der Waals surface area (Å²) in [5.41, 5.74) is 7.04. The summed E-state index contributed by atoms with van der Waals surface area (Å²) in [6.07, 6.45) is -2.25. The van der Waals surface area contributed by atoms with Crippen LogP contribution in [0.25, 0.3) is 0 Å². The lowest BCUT2D eigenvalue weighted by Gasteiger charge is -2.18. The third-order valence-corrected chi connectivity index (χ3v) is 2.38. The van der Waals surface area contributed by atoms with Gasteiger partial charge in [0.2, 0.25) is 5.91 Å². The molecule has 0 spiro atoms. The van der Waals surface area contributed by atoms with Crippen LogP contribution in [0.2, 0.25) is 0 Å². The molecule has 0 aliphatic carbocycles. The fraction of sp³-hybridized carbons (Fsp3) is 0.455. The molecule has 0 aliphatic heterocycles. The number of rotatable bonds is 4. The number of aromatic nitrogens is 1. The first-order valence-corrected chi connectivity index (χ1v) is 5.25. The summed E-state index contributed by atoms with van der Waals surface area (Å²) in [4.78, 5) is 14.7. The Morgan fingerprint density at radius 1 is 1.53 bits per heavy atom. The summed E-state index contributed by atoms with van der Waals surface area (Å²) in [5, 5.41) is 21.9. The first-order valence-electron chi connectivity index (χ1n) is 5.25. The minimum atomic E-state index is -1.15. The van der Waals surface area contributed by atoms with Gasteiger partial charge in [0.05, 0.1) is 17.1 Å². The molecule has 0 radical (unpaired) electrons. The van der Waals surface area contributed by atoms with Gasteiger partial charge in [0.15, 0.2) is 0 Å². The van der Waals surface area contributed by atoms with E-state index in [1.54, 1.807) is 19.1 Å². The Morgan fingerprint density at radius 2 is 2.18 bits per heavy atom. The Hall–Kier alpha value is -1.66. The van der Waals surface area contributed by atoms with Crippen LogP contribution in [0.1, 0.15) is 24.4 Å². The number of aliphatic hydroxyl groups is 2. The van der Waals surface area contributed by atoms with Gasteiger partial charge in [-0.25, -0.2) is 0 Å². The third-order valence-electron chi connectivity index (χ3n) is 2.38. The first-order chi connectivity index (χ1) is 7.91. The van der Waals surface area contributed by atoms with E-state index >= 15 is 0 Å². The van der Waals surface area contributed by atoms with Crippen molar-refractivity contribution < 1.29 is 15.0 Å². The Bertz CT molecular complexity index is 409. The molecule has 1 aromatic heterocycles. The third kappa shape index (κ3) is 3.69. The van der Waals surface area contributed by atoms with Crippen molar-refractivity contribution in [3.63, 3.8) is 0 Å². The van der Waals surface area contributed by atoms with Crippen molar-refractivity contribution in [3.05, 3.63) is 23.5 Å². The zero-order valence-electron chi connectivity index (χ0n) is 9.84. The van der Waals surface area contributed by atoms with Crippen LogP contribution in [-0.4, -0.2) is 33.8 Å². The highest BCUT2D eigenvalue weighted by atomic mass is 16.3. The molecule has 2 atom stereocenters. The standard InChI is InChI=1S/C11H17N3O3/c1-6-8(12)3-4-9(14-6)11(17)10(16)5-13-7(2)15/h3-4,10-11,16-17H,5,12H2,1-2H3,(H,13,15). The molecule has 0 saturated carbocycles. The Balaban J connectivity index is 2.70.